The number of esters is 1. The van der Waals surface area contributed by atoms with E-state index in [1.165, 1.54) is 17.0 Å². The maximum absolute atomic E-state index is 11.7. The molecule has 2 aromatic rings. The Bertz CT molecular complexity index is 639. The molecule has 2 heterocycles. The highest BCUT2D eigenvalue weighted by molar-refractivity contribution is 7.17. The van der Waals surface area contributed by atoms with Gasteiger partial charge in [-0.3, -0.25) is 4.40 Å². The summed E-state index contributed by atoms with van der Waals surface area (Å²) < 4.78 is 7.08. The summed E-state index contributed by atoms with van der Waals surface area (Å²) in [5, 5.41) is 0. The van der Waals surface area contributed by atoms with Crippen molar-refractivity contribution in [3.63, 3.8) is 0 Å². The van der Waals surface area contributed by atoms with Crippen LogP contribution < -0.4 is 0 Å². The fourth-order valence-corrected chi connectivity index (χ4v) is 3.73. The fourth-order valence-electron chi connectivity index (χ4n) is 2.61. The lowest BCUT2D eigenvalue weighted by molar-refractivity contribution is 0.0520. The molecule has 0 N–H and O–H groups in total. The second-order valence-corrected chi connectivity index (χ2v) is 6.87. The van der Waals surface area contributed by atoms with Crippen molar-refractivity contribution in [3.05, 3.63) is 22.5 Å². The van der Waals surface area contributed by atoms with Crippen LogP contribution in [0.25, 0.3) is 4.96 Å². The van der Waals surface area contributed by atoms with Crippen LogP contribution in [0.5, 0.6) is 0 Å². The number of rotatable bonds is 2. The van der Waals surface area contributed by atoms with E-state index in [0.717, 1.165) is 17.8 Å². The van der Waals surface area contributed by atoms with Gasteiger partial charge in [0.15, 0.2) is 10.7 Å². The molecule has 0 fully saturated rings. The van der Waals surface area contributed by atoms with Crippen molar-refractivity contribution >= 4 is 22.3 Å². The Balaban J connectivity index is 2.02. The minimum atomic E-state index is -0.331. The zero-order valence-electron chi connectivity index (χ0n) is 11.5. The lowest BCUT2D eigenvalue weighted by Gasteiger charge is -2.29. The van der Waals surface area contributed by atoms with E-state index in [2.05, 4.69) is 23.2 Å². The molecule has 3 rings (SSSR count). The first-order valence-corrected chi connectivity index (χ1v) is 7.48. The average molecular weight is 278 g/mol. The highest BCUT2D eigenvalue weighted by Crippen LogP contribution is 2.38. The smallest absolute Gasteiger partial charge is 0.358 e. The third kappa shape index (κ3) is 2.16. The van der Waals surface area contributed by atoms with Gasteiger partial charge in [-0.15, -0.1) is 11.3 Å². The van der Waals surface area contributed by atoms with Crippen molar-refractivity contribution < 1.29 is 9.53 Å². The van der Waals surface area contributed by atoms with Crippen molar-refractivity contribution in [2.24, 2.45) is 5.41 Å². The molecule has 19 heavy (non-hydrogen) atoms. The van der Waals surface area contributed by atoms with Crippen LogP contribution in [0.4, 0.5) is 0 Å². The number of nitrogens with zero attached hydrogens (tertiary/aromatic N) is 2. The van der Waals surface area contributed by atoms with Gasteiger partial charge in [-0.25, -0.2) is 9.78 Å². The SMILES string of the molecule is CCOC(=O)c1cn2c3c(sc2n1)CCC(C)(C)C3. The van der Waals surface area contributed by atoms with E-state index in [1.807, 2.05) is 6.20 Å². The Morgan fingerprint density at radius 3 is 3.11 bits per heavy atom. The lowest BCUT2D eigenvalue weighted by Crippen LogP contribution is -2.22. The minimum Gasteiger partial charge on any atom is -0.461 e. The van der Waals surface area contributed by atoms with Crippen molar-refractivity contribution in [2.45, 2.75) is 40.0 Å². The summed E-state index contributed by atoms with van der Waals surface area (Å²) >= 11 is 1.70. The minimum absolute atomic E-state index is 0.329. The van der Waals surface area contributed by atoms with Gasteiger partial charge < -0.3 is 4.74 Å². The fraction of sp³-hybridized carbons (Fsp3) is 0.571. The molecule has 5 heteroatoms. The molecule has 0 aliphatic heterocycles. The van der Waals surface area contributed by atoms with E-state index in [-0.39, 0.29) is 5.97 Å². The van der Waals surface area contributed by atoms with E-state index in [0.29, 0.717) is 17.7 Å². The van der Waals surface area contributed by atoms with Crippen LogP contribution in [0, 0.1) is 5.41 Å². The maximum Gasteiger partial charge on any atom is 0.358 e. The molecule has 102 valence electrons. The van der Waals surface area contributed by atoms with Crippen molar-refractivity contribution in [1.82, 2.24) is 9.38 Å². The van der Waals surface area contributed by atoms with Crippen LogP contribution >= 0.6 is 11.3 Å². The number of imidazole rings is 1. The van der Waals surface area contributed by atoms with E-state index in [4.69, 9.17) is 4.74 Å². The van der Waals surface area contributed by atoms with Gasteiger partial charge in [0, 0.05) is 16.8 Å². The second kappa shape index (κ2) is 4.34. The topological polar surface area (TPSA) is 43.6 Å². The van der Waals surface area contributed by atoms with Gasteiger partial charge in [-0.05, 0) is 31.6 Å². The number of fused-ring (bicyclic) bond motifs is 3. The maximum atomic E-state index is 11.7. The zero-order chi connectivity index (χ0) is 13.6. The first-order chi connectivity index (χ1) is 9.00. The highest BCUT2D eigenvalue weighted by Gasteiger charge is 2.29. The van der Waals surface area contributed by atoms with E-state index < -0.39 is 0 Å². The Morgan fingerprint density at radius 2 is 2.37 bits per heavy atom. The third-order valence-corrected chi connectivity index (χ3v) is 4.82. The van der Waals surface area contributed by atoms with Crippen LogP contribution in [0.3, 0.4) is 0 Å². The van der Waals surface area contributed by atoms with E-state index >= 15 is 0 Å². The average Bonchev–Trinajstić information content (AvgIpc) is 2.87. The molecule has 0 bridgehead atoms. The van der Waals surface area contributed by atoms with Gasteiger partial charge in [-0.1, -0.05) is 13.8 Å². The number of carbonyl (C=O) groups excluding carboxylic acids is 1. The second-order valence-electron chi connectivity index (χ2n) is 5.81. The number of aromatic nitrogens is 2. The quantitative estimate of drug-likeness (QED) is 0.793. The first-order valence-electron chi connectivity index (χ1n) is 6.67. The van der Waals surface area contributed by atoms with E-state index in [9.17, 15) is 4.79 Å². The van der Waals surface area contributed by atoms with Gasteiger partial charge >= 0.3 is 5.97 Å². The van der Waals surface area contributed by atoms with Crippen molar-refractivity contribution in [2.75, 3.05) is 6.61 Å². The number of hydrogen-bond acceptors (Lipinski definition) is 4. The van der Waals surface area contributed by atoms with Gasteiger partial charge in [0.05, 0.1) is 6.61 Å². The molecule has 2 aromatic heterocycles. The summed E-state index contributed by atoms with van der Waals surface area (Å²) in [7, 11) is 0. The Kier molecular flexibility index (Phi) is 2.89. The Labute approximate surface area is 116 Å². The molecule has 0 spiro atoms. The zero-order valence-corrected chi connectivity index (χ0v) is 12.3. The summed E-state index contributed by atoms with van der Waals surface area (Å²) in [6.07, 6.45) is 5.20. The van der Waals surface area contributed by atoms with Crippen LogP contribution in [0.15, 0.2) is 6.20 Å². The Hall–Kier alpha value is -1.36. The summed E-state index contributed by atoms with van der Waals surface area (Å²) in [6, 6.07) is 0. The van der Waals surface area contributed by atoms with Gasteiger partial charge in [0.25, 0.3) is 0 Å². The standard InChI is InChI=1S/C14H18N2O2S/c1-4-18-12(17)9-8-16-10-7-14(2,3)6-5-11(10)19-13(16)15-9/h8H,4-7H2,1-3H3. The molecular formula is C14H18N2O2S. The third-order valence-electron chi connectivity index (χ3n) is 3.66. The molecule has 0 saturated heterocycles. The molecule has 0 atom stereocenters. The van der Waals surface area contributed by atoms with Crippen molar-refractivity contribution in [3.8, 4) is 0 Å². The van der Waals surface area contributed by atoms with Crippen LogP contribution in [-0.2, 0) is 17.6 Å². The summed E-state index contributed by atoms with van der Waals surface area (Å²) in [5.41, 5.74) is 2.06. The number of carbonyl (C=O) groups is 1. The predicted molar refractivity (Wildman–Crippen MR) is 74.8 cm³/mol. The normalized spacial score (nSPS) is 17.4. The number of hydrogen-bond donors (Lipinski definition) is 0. The number of aryl methyl sites for hydroxylation is 1. The molecule has 1 aliphatic rings. The number of thiazole rings is 1. The molecule has 0 radical (unpaired) electrons. The summed E-state index contributed by atoms with van der Waals surface area (Å²) in [4.78, 5) is 18.4. The summed E-state index contributed by atoms with van der Waals surface area (Å²) in [6.45, 7) is 6.78. The van der Waals surface area contributed by atoms with Crippen LogP contribution in [0.2, 0.25) is 0 Å². The molecule has 0 saturated carbocycles. The summed E-state index contributed by atoms with van der Waals surface area (Å²) in [5.74, 6) is -0.331. The van der Waals surface area contributed by atoms with Gasteiger partial charge in [0.1, 0.15) is 0 Å². The highest BCUT2D eigenvalue weighted by atomic mass is 32.1. The predicted octanol–water partition coefficient (Wildman–Crippen LogP) is 3.09. The van der Waals surface area contributed by atoms with E-state index in [1.54, 1.807) is 18.3 Å². The molecule has 0 amide bonds. The van der Waals surface area contributed by atoms with Crippen LogP contribution in [-0.4, -0.2) is 22.0 Å². The number of ether oxygens (including phenoxy) is 1. The lowest BCUT2D eigenvalue weighted by atomic mass is 9.79. The van der Waals surface area contributed by atoms with Gasteiger partial charge in [0.2, 0.25) is 0 Å². The largest absolute Gasteiger partial charge is 0.461 e. The van der Waals surface area contributed by atoms with Gasteiger partial charge in [-0.2, -0.15) is 0 Å². The molecular weight excluding hydrogens is 260 g/mol. The molecule has 0 aromatic carbocycles. The van der Waals surface area contributed by atoms with Crippen molar-refractivity contribution in [1.29, 1.82) is 0 Å². The molecule has 0 unspecified atom stereocenters. The molecule has 1 aliphatic carbocycles. The van der Waals surface area contributed by atoms with Crippen LogP contribution in [0.1, 0.15) is 48.3 Å². The first kappa shape index (κ1) is 12.7. The monoisotopic (exact) mass is 278 g/mol. The Morgan fingerprint density at radius 1 is 1.58 bits per heavy atom. The molecule has 4 nitrogen and oxygen atoms in total.